The number of rotatable bonds is 8. The first-order valence-corrected chi connectivity index (χ1v) is 6.30. The molecule has 0 aliphatic heterocycles. The number of hydrogen-bond acceptors (Lipinski definition) is 4. The van der Waals surface area contributed by atoms with Crippen LogP contribution in [0.5, 0.6) is 0 Å². The van der Waals surface area contributed by atoms with E-state index < -0.39 is 55.5 Å². The molecule has 0 fully saturated rings. The van der Waals surface area contributed by atoms with Gasteiger partial charge in [0, 0.05) is 13.8 Å². The molecule has 4 nitrogen and oxygen atoms in total. The standard InChI is InChI=1S/C11H11F11O4/c1-4-24-5(23)6(2,12)25-10(19,20)7(3,13)26-11(21,22)8(14,15)9(16,17)18/h4H2,1-3H3/t6-,7+/m0/s1. The van der Waals surface area contributed by atoms with Crippen molar-refractivity contribution >= 4 is 5.97 Å². The highest BCUT2D eigenvalue weighted by Gasteiger charge is 2.78. The highest BCUT2D eigenvalue weighted by Crippen LogP contribution is 2.51. The van der Waals surface area contributed by atoms with E-state index >= 15 is 0 Å². The van der Waals surface area contributed by atoms with Crippen molar-refractivity contribution in [1.82, 2.24) is 0 Å². The van der Waals surface area contributed by atoms with Crippen LogP contribution < -0.4 is 0 Å². The zero-order valence-corrected chi connectivity index (χ0v) is 13.0. The van der Waals surface area contributed by atoms with E-state index in [9.17, 15) is 53.1 Å². The highest BCUT2D eigenvalue weighted by atomic mass is 19.4. The van der Waals surface area contributed by atoms with Crippen LogP contribution in [0.3, 0.4) is 0 Å². The average molecular weight is 416 g/mol. The number of halogens is 11. The number of ether oxygens (including phenoxy) is 3. The lowest BCUT2D eigenvalue weighted by atomic mass is 10.2. The maximum atomic E-state index is 13.7. The summed E-state index contributed by atoms with van der Waals surface area (Å²) in [6, 6.07) is 0. The number of hydrogen-bond donors (Lipinski definition) is 0. The first-order chi connectivity index (χ1) is 11.1. The van der Waals surface area contributed by atoms with Gasteiger partial charge in [-0.25, -0.2) is 9.18 Å². The molecular weight excluding hydrogens is 405 g/mol. The minimum absolute atomic E-state index is 0.0859. The molecule has 0 spiro atoms. The Balaban J connectivity index is 5.63. The summed E-state index contributed by atoms with van der Waals surface area (Å²) in [6.45, 7) is -0.340. The maximum Gasteiger partial charge on any atom is 0.462 e. The molecule has 0 saturated carbocycles. The van der Waals surface area contributed by atoms with Crippen molar-refractivity contribution in [2.24, 2.45) is 0 Å². The fraction of sp³-hybridized carbons (Fsp3) is 0.909. The minimum Gasteiger partial charge on any atom is -0.462 e. The Labute approximate surface area is 138 Å². The van der Waals surface area contributed by atoms with Gasteiger partial charge in [0.2, 0.25) is 0 Å². The lowest BCUT2D eigenvalue weighted by Crippen LogP contribution is -2.60. The lowest BCUT2D eigenvalue weighted by molar-refractivity contribution is -0.499. The van der Waals surface area contributed by atoms with Crippen molar-refractivity contribution in [3.8, 4) is 0 Å². The van der Waals surface area contributed by atoms with E-state index in [0.717, 1.165) is 6.92 Å². The van der Waals surface area contributed by atoms with Gasteiger partial charge in [-0.3, -0.25) is 9.47 Å². The summed E-state index contributed by atoms with van der Waals surface area (Å²) in [5.41, 5.74) is 0. The van der Waals surface area contributed by atoms with Crippen LogP contribution in [0, 0.1) is 0 Å². The first kappa shape index (κ1) is 24.6. The predicted octanol–water partition coefficient (Wildman–Crippen LogP) is 4.34. The molecule has 0 N–H and O–H groups in total. The van der Waals surface area contributed by atoms with Gasteiger partial charge in [-0.1, -0.05) is 0 Å². The molecule has 0 saturated heterocycles. The maximum absolute atomic E-state index is 13.7. The first-order valence-electron chi connectivity index (χ1n) is 6.30. The van der Waals surface area contributed by atoms with Gasteiger partial charge in [-0.05, 0) is 6.92 Å². The van der Waals surface area contributed by atoms with Gasteiger partial charge in [0.05, 0.1) is 6.61 Å². The van der Waals surface area contributed by atoms with Crippen molar-refractivity contribution in [3.05, 3.63) is 0 Å². The summed E-state index contributed by atoms with van der Waals surface area (Å²) in [4.78, 5) is 11.0. The zero-order chi connectivity index (χ0) is 21.4. The quantitative estimate of drug-likeness (QED) is 0.437. The van der Waals surface area contributed by atoms with E-state index in [-0.39, 0.29) is 6.92 Å². The topological polar surface area (TPSA) is 44.8 Å². The Kier molecular flexibility index (Phi) is 6.61. The van der Waals surface area contributed by atoms with Crippen LogP contribution in [0.1, 0.15) is 20.8 Å². The van der Waals surface area contributed by atoms with E-state index in [1.807, 2.05) is 0 Å². The van der Waals surface area contributed by atoms with Gasteiger partial charge >= 0.3 is 42.0 Å². The summed E-state index contributed by atoms with van der Waals surface area (Å²) in [6.07, 6.45) is -19.8. The van der Waals surface area contributed by atoms with Crippen molar-refractivity contribution in [1.29, 1.82) is 0 Å². The molecule has 2 atom stereocenters. The Morgan fingerprint density at radius 3 is 1.54 bits per heavy atom. The molecule has 0 unspecified atom stereocenters. The second-order valence-corrected chi connectivity index (χ2v) is 4.86. The molecule has 0 aromatic rings. The molecule has 15 heteroatoms. The largest absolute Gasteiger partial charge is 0.462 e. The summed E-state index contributed by atoms with van der Waals surface area (Å²) >= 11 is 0. The van der Waals surface area contributed by atoms with Crippen molar-refractivity contribution < 1.29 is 67.3 Å². The molecule has 0 aliphatic rings. The summed E-state index contributed by atoms with van der Waals surface area (Å²) in [7, 11) is 0. The Morgan fingerprint density at radius 1 is 0.769 bits per heavy atom. The molecule has 0 heterocycles. The Hall–Kier alpha value is -1.38. The molecular formula is C11H11F11O4. The molecule has 0 radical (unpaired) electrons. The number of carbonyl (C=O) groups excluding carboxylic acids is 1. The number of alkyl halides is 11. The fourth-order valence-corrected chi connectivity index (χ4v) is 1.16. The van der Waals surface area contributed by atoms with Crippen LogP contribution in [0.4, 0.5) is 48.3 Å². The van der Waals surface area contributed by atoms with E-state index in [0.29, 0.717) is 0 Å². The third-order valence-corrected chi connectivity index (χ3v) is 2.52. The average Bonchev–Trinajstić information content (AvgIpc) is 2.34. The van der Waals surface area contributed by atoms with Crippen LogP contribution in [0.15, 0.2) is 0 Å². The van der Waals surface area contributed by atoms with Crippen molar-refractivity contribution in [3.63, 3.8) is 0 Å². The Morgan fingerprint density at radius 2 is 1.19 bits per heavy atom. The monoisotopic (exact) mass is 416 g/mol. The minimum atomic E-state index is -7.09. The van der Waals surface area contributed by atoms with Gasteiger partial charge in [0.1, 0.15) is 0 Å². The van der Waals surface area contributed by atoms with Gasteiger partial charge in [0.25, 0.3) is 0 Å². The van der Waals surface area contributed by atoms with Crippen LogP contribution in [0.2, 0.25) is 0 Å². The Bertz CT molecular complexity index is 513. The number of esters is 1. The van der Waals surface area contributed by atoms with Gasteiger partial charge in [-0.2, -0.15) is 43.9 Å². The molecule has 0 aliphatic carbocycles. The summed E-state index contributed by atoms with van der Waals surface area (Å²) in [5, 5.41) is 0. The second-order valence-electron chi connectivity index (χ2n) is 4.86. The third kappa shape index (κ3) is 4.86. The summed E-state index contributed by atoms with van der Waals surface area (Å²) in [5.74, 6) is -18.9. The van der Waals surface area contributed by atoms with Crippen LogP contribution in [-0.2, 0) is 19.0 Å². The molecule has 0 amide bonds. The molecule has 0 rings (SSSR count). The molecule has 156 valence electrons. The smallest absolute Gasteiger partial charge is 0.462 e. The van der Waals surface area contributed by atoms with Gasteiger partial charge < -0.3 is 4.74 Å². The fourth-order valence-electron chi connectivity index (χ4n) is 1.16. The van der Waals surface area contributed by atoms with Crippen LogP contribution in [-0.4, -0.2) is 48.6 Å². The lowest BCUT2D eigenvalue weighted by Gasteiger charge is -2.36. The third-order valence-electron chi connectivity index (χ3n) is 2.52. The van der Waals surface area contributed by atoms with E-state index in [4.69, 9.17) is 0 Å². The van der Waals surface area contributed by atoms with E-state index in [1.165, 1.54) is 0 Å². The molecule has 0 aromatic heterocycles. The van der Waals surface area contributed by atoms with Crippen molar-refractivity contribution in [2.45, 2.75) is 56.8 Å². The van der Waals surface area contributed by atoms with Crippen LogP contribution in [0.25, 0.3) is 0 Å². The molecule has 26 heavy (non-hydrogen) atoms. The predicted molar refractivity (Wildman–Crippen MR) is 58.7 cm³/mol. The molecule has 0 aromatic carbocycles. The van der Waals surface area contributed by atoms with Gasteiger partial charge in [0.15, 0.2) is 0 Å². The van der Waals surface area contributed by atoms with Crippen molar-refractivity contribution in [2.75, 3.05) is 6.61 Å². The van der Waals surface area contributed by atoms with E-state index in [2.05, 4.69) is 14.2 Å². The van der Waals surface area contributed by atoms with Gasteiger partial charge in [-0.15, -0.1) is 0 Å². The summed E-state index contributed by atoms with van der Waals surface area (Å²) < 4.78 is 150. The van der Waals surface area contributed by atoms with Crippen LogP contribution >= 0.6 is 0 Å². The normalized spacial score (nSPS) is 18.8. The zero-order valence-electron chi connectivity index (χ0n) is 13.0. The second kappa shape index (κ2) is 6.98. The number of carbonyl (C=O) groups is 1. The van der Waals surface area contributed by atoms with E-state index in [1.54, 1.807) is 0 Å². The SMILES string of the molecule is CCOC(=O)[C@@](C)(F)OC(F)(F)[C@](C)(F)OC(F)(F)C(F)(F)C(F)(F)F. The highest BCUT2D eigenvalue weighted by molar-refractivity contribution is 5.77. The molecule has 0 bridgehead atoms.